The number of nitrogens with zero attached hydrogens (tertiary/aromatic N) is 4. The fourth-order valence-electron chi connectivity index (χ4n) is 3.66. The third kappa shape index (κ3) is 2.14. The smallest absolute Gasteiger partial charge is 0.345 e. The number of ether oxygens (including phenoxy) is 1. The Hall–Kier alpha value is -2.87. The van der Waals surface area contributed by atoms with E-state index in [4.69, 9.17) is 4.74 Å². The van der Waals surface area contributed by atoms with Crippen molar-refractivity contribution >= 4 is 12.0 Å². The molecule has 8 heteroatoms. The summed E-state index contributed by atoms with van der Waals surface area (Å²) in [6.07, 6.45) is 1.62. The molecule has 2 bridgehead atoms. The summed E-state index contributed by atoms with van der Waals surface area (Å²) in [6, 6.07) is 7.57. The van der Waals surface area contributed by atoms with Crippen LogP contribution in [-0.2, 0) is 9.53 Å². The van der Waals surface area contributed by atoms with Gasteiger partial charge in [0.25, 0.3) is 0 Å². The quantitative estimate of drug-likeness (QED) is 0.680. The first-order valence-corrected chi connectivity index (χ1v) is 8.03. The zero-order valence-corrected chi connectivity index (χ0v) is 13.9. The van der Waals surface area contributed by atoms with Crippen LogP contribution in [-0.4, -0.2) is 50.6 Å². The Kier molecular flexibility index (Phi) is 3.50. The summed E-state index contributed by atoms with van der Waals surface area (Å²) < 4.78 is 6.65. The molecule has 1 aromatic carbocycles. The number of benzene rings is 1. The van der Waals surface area contributed by atoms with Crippen LogP contribution < -0.4 is 0 Å². The fraction of sp³-hybridized carbons (Fsp3) is 0.353. The first kappa shape index (κ1) is 15.6. The Morgan fingerprint density at radius 2 is 2.08 bits per heavy atom. The topological polar surface area (TPSA) is 87.9 Å². The zero-order chi connectivity index (χ0) is 17.7. The van der Waals surface area contributed by atoms with E-state index in [-0.39, 0.29) is 12.6 Å². The minimum Gasteiger partial charge on any atom is -0.467 e. The Morgan fingerprint density at radius 3 is 2.76 bits per heavy atom. The van der Waals surface area contributed by atoms with Crippen molar-refractivity contribution in [2.75, 3.05) is 13.7 Å². The highest BCUT2D eigenvalue weighted by molar-refractivity contribution is 5.87. The van der Waals surface area contributed by atoms with E-state index in [1.165, 1.54) is 12.0 Å². The zero-order valence-electron chi connectivity index (χ0n) is 13.9. The molecule has 25 heavy (non-hydrogen) atoms. The molecule has 0 aliphatic carbocycles. The number of fused-ring (bicyclic) bond motifs is 4. The van der Waals surface area contributed by atoms with Gasteiger partial charge in [0.2, 0.25) is 0 Å². The van der Waals surface area contributed by atoms with E-state index in [1.54, 1.807) is 10.9 Å². The Balaban J connectivity index is 1.86. The summed E-state index contributed by atoms with van der Waals surface area (Å²) in [7, 11) is 1.28. The van der Waals surface area contributed by atoms with Gasteiger partial charge in [0.15, 0.2) is 6.04 Å². The predicted octanol–water partition coefficient (Wildman–Crippen LogP) is 1.89. The van der Waals surface area contributed by atoms with Crippen LogP contribution in [0.3, 0.4) is 0 Å². The third-order valence-electron chi connectivity index (χ3n) is 4.97. The van der Waals surface area contributed by atoms with Crippen molar-refractivity contribution < 1.29 is 19.5 Å². The number of esters is 1. The number of rotatable bonds is 3. The van der Waals surface area contributed by atoms with Crippen LogP contribution in [0.25, 0.3) is 0 Å². The van der Waals surface area contributed by atoms with Gasteiger partial charge < -0.3 is 9.64 Å². The van der Waals surface area contributed by atoms with E-state index in [0.717, 1.165) is 5.56 Å². The van der Waals surface area contributed by atoms with Gasteiger partial charge in [0.1, 0.15) is 6.04 Å². The molecule has 3 atom stereocenters. The van der Waals surface area contributed by atoms with Crippen LogP contribution in [0.4, 0.5) is 4.79 Å². The number of methoxy groups -OCH3 is 1. The Morgan fingerprint density at radius 1 is 1.36 bits per heavy atom. The highest BCUT2D eigenvalue weighted by Crippen LogP contribution is 2.44. The molecule has 1 fully saturated rings. The lowest BCUT2D eigenvalue weighted by Gasteiger charge is -2.30. The van der Waals surface area contributed by atoms with Crippen molar-refractivity contribution in [3.8, 4) is 0 Å². The third-order valence-corrected chi connectivity index (χ3v) is 4.97. The van der Waals surface area contributed by atoms with Gasteiger partial charge in [-0.25, -0.2) is 9.59 Å². The summed E-state index contributed by atoms with van der Waals surface area (Å²) in [5.74, 6) is -0.551. The molecule has 2 aliphatic heterocycles. The number of aromatic nitrogens is 2. The van der Waals surface area contributed by atoms with Crippen LogP contribution >= 0.6 is 0 Å². The monoisotopic (exact) mass is 342 g/mol. The molecule has 0 saturated carbocycles. The number of hydrogen-bond acceptors (Lipinski definition) is 5. The number of carbonyl (C=O) groups excluding carboxylic acids is 2. The second-order valence-electron chi connectivity index (χ2n) is 6.24. The molecule has 2 aromatic rings. The molecule has 2 amide bonds. The van der Waals surface area contributed by atoms with Gasteiger partial charge in [-0.15, -0.1) is 0 Å². The lowest BCUT2D eigenvalue weighted by molar-refractivity contribution is -0.146. The molecule has 0 spiro atoms. The standard InChI is InChI=1S/C17H18N4O4/c1-10(11-6-4-3-5-7-11)20-14-12(8-18-20)13-9-19(17(23)21(13)24)15(14)16(22)25-2/h3-8,10,13,15,24H,9H2,1-2H3. The van der Waals surface area contributed by atoms with Crippen LogP contribution in [0, 0.1) is 0 Å². The maximum atomic E-state index is 12.4. The highest BCUT2D eigenvalue weighted by atomic mass is 16.5. The van der Waals surface area contributed by atoms with Gasteiger partial charge in [-0.1, -0.05) is 30.3 Å². The molecule has 3 heterocycles. The summed E-state index contributed by atoms with van der Waals surface area (Å²) in [6.45, 7) is 2.20. The van der Waals surface area contributed by atoms with Gasteiger partial charge in [-0.2, -0.15) is 10.2 Å². The molecule has 1 aromatic heterocycles. The van der Waals surface area contributed by atoms with Crippen LogP contribution in [0.2, 0.25) is 0 Å². The van der Waals surface area contributed by atoms with Gasteiger partial charge >= 0.3 is 12.0 Å². The first-order chi connectivity index (χ1) is 12.0. The van der Waals surface area contributed by atoms with Gasteiger partial charge in [-0.3, -0.25) is 9.89 Å². The molecule has 130 valence electrons. The summed E-state index contributed by atoms with van der Waals surface area (Å²) >= 11 is 0. The average molecular weight is 342 g/mol. The number of hydroxylamine groups is 2. The largest absolute Gasteiger partial charge is 0.467 e. The molecular weight excluding hydrogens is 324 g/mol. The number of carbonyl (C=O) groups is 2. The SMILES string of the molecule is COC(=O)C1c2c(cnn2C(C)c2ccccc2)C2CN1C(=O)N2O. The first-order valence-electron chi connectivity index (χ1n) is 8.03. The van der Waals surface area contributed by atoms with E-state index < -0.39 is 24.1 Å². The van der Waals surface area contributed by atoms with Gasteiger partial charge in [0, 0.05) is 5.56 Å². The maximum Gasteiger partial charge on any atom is 0.345 e. The molecule has 4 rings (SSSR count). The second-order valence-corrected chi connectivity index (χ2v) is 6.24. The normalized spacial score (nSPS) is 22.8. The van der Waals surface area contributed by atoms with E-state index in [9.17, 15) is 14.8 Å². The molecule has 1 N–H and O–H groups in total. The summed E-state index contributed by atoms with van der Waals surface area (Å²) in [5, 5.41) is 15.2. The number of urea groups is 1. The van der Waals surface area contributed by atoms with E-state index in [1.807, 2.05) is 37.3 Å². The maximum absolute atomic E-state index is 12.4. The molecule has 0 radical (unpaired) electrons. The second kappa shape index (κ2) is 5.59. The Labute approximate surface area is 144 Å². The minimum absolute atomic E-state index is 0.141. The number of hydrogen-bond donors (Lipinski definition) is 1. The summed E-state index contributed by atoms with van der Waals surface area (Å²) in [5.41, 5.74) is 2.28. The van der Waals surface area contributed by atoms with Crippen molar-refractivity contribution in [1.82, 2.24) is 19.7 Å². The van der Waals surface area contributed by atoms with Gasteiger partial charge in [0.05, 0.1) is 31.6 Å². The van der Waals surface area contributed by atoms with Crippen molar-refractivity contribution in [2.24, 2.45) is 0 Å². The fourth-order valence-corrected chi connectivity index (χ4v) is 3.66. The Bertz CT molecular complexity index is 834. The molecule has 8 nitrogen and oxygen atoms in total. The average Bonchev–Trinajstić information content (AvgIpc) is 3.18. The van der Waals surface area contributed by atoms with Crippen molar-refractivity contribution in [1.29, 1.82) is 0 Å². The predicted molar refractivity (Wildman–Crippen MR) is 85.7 cm³/mol. The highest BCUT2D eigenvalue weighted by Gasteiger charge is 2.52. The van der Waals surface area contributed by atoms with Crippen molar-refractivity contribution in [2.45, 2.75) is 25.0 Å². The van der Waals surface area contributed by atoms with Crippen molar-refractivity contribution in [3.63, 3.8) is 0 Å². The molecule has 3 unspecified atom stereocenters. The van der Waals surface area contributed by atoms with Crippen LogP contribution in [0.5, 0.6) is 0 Å². The van der Waals surface area contributed by atoms with Crippen LogP contribution in [0.15, 0.2) is 36.5 Å². The summed E-state index contributed by atoms with van der Waals surface area (Å²) in [4.78, 5) is 26.0. The van der Waals surface area contributed by atoms with E-state index in [2.05, 4.69) is 5.10 Å². The molecular formula is C17H18N4O4. The van der Waals surface area contributed by atoms with E-state index >= 15 is 0 Å². The number of amides is 2. The van der Waals surface area contributed by atoms with Crippen molar-refractivity contribution in [3.05, 3.63) is 53.3 Å². The van der Waals surface area contributed by atoms with E-state index in [0.29, 0.717) is 16.3 Å². The van der Waals surface area contributed by atoms with Crippen LogP contribution in [0.1, 0.15) is 41.9 Å². The lowest BCUT2D eigenvalue weighted by Crippen LogP contribution is -2.40. The molecule has 2 aliphatic rings. The lowest BCUT2D eigenvalue weighted by atomic mass is 9.97. The van der Waals surface area contributed by atoms with Gasteiger partial charge in [-0.05, 0) is 12.5 Å². The minimum atomic E-state index is -0.922. The molecule has 1 saturated heterocycles.